The fraction of sp³-hybridized carbons (Fsp3) is 0. The number of nitrogens with zero attached hydrogens (tertiary/aromatic N) is 4. The Morgan fingerprint density at radius 2 is 1.02 bits per heavy atom. The molecule has 0 aliphatic heterocycles. The Hall–Kier alpha value is -6.64. The van der Waals surface area contributed by atoms with E-state index in [1.54, 1.807) is 0 Å². The Bertz CT molecular complexity index is 2680. The number of nitriles is 1. The molecule has 0 unspecified atom stereocenters. The first-order chi connectivity index (χ1) is 23.2. The van der Waals surface area contributed by atoms with Crippen LogP contribution in [0.15, 0.2) is 150 Å². The van der Waals surface area contributed by atoms with E-state index in [1.807, 2.05) is 66.7 Å². The molecule has 2 heterocycles. The van der Waals surface area contributed by atoms with Crippen molar-refractivity contribution in [3.63, 3.8) is 0 Å². The summed E-state index contributed by atoms with van der Waals surface area (Å²) >= 11 is 0. The van der Waals surface area contributed by atoms with Crippen LogP contribution in [0.3, 0.4) is 0 Å². The number of hydrogen-bond donors (Lipinski definition) is 0. The smallest absolute Gasteiger partial charge is 0.167 e. The van der Waals surface area contributed by atoms with Crippen molar-refractivity contribution in [1.29, 1.82) is 5.26 Å². The van der Waals surface area contributed by atoms with E-state index in [0.29, 0.717) is 23.0 Å². The van der Waals surface area contributed by atoms with Crippen molar-refractivity contribution in [3.8, 4) is 51.4 Å². The first-order valence-corrected chi connectivity index (χ1v) is 15.4. The van der Waals surface area contributed by atoms with E-state index in [9.17, 15) is 5.26 Å². The highest BCUT2D eigenvalue weighted by Gasteiger charge is 2.19. The molecule has 7 aromatic carbocycles. The van der Waals surface area contributed by atoms with E-state index in [0.717, 1.165) is 71.3 Å². The zero-order valence-electron chi connectivity index (χ0n) is 25.1. The summed E-state index contributed by atoms with van der Waals surface area (Å²) in [6.07, 6.45) is 0. The van der Waals surface area contributed by atoms with Crippen molar-refractivity contribution >= 4 is 43.5 Å². The highest BCUT2D eigenvalue weighted by atomic mass is 16.3. The number of para-hydroxylation sites is 2. The lowest BCUT2D eigenvalue weighted by Crippen LogP contribution is -2.01. The molecule has 0 atom stereocenters. The summed E-state index contributed by atoms with van der Waals surface area (Å²) in [4.78, 5) is 15.3. The van der Waals surface area contributed by atoms with Gasteiger partial charge in [-0.1, -0.05) is 121 Å². The Kier molecular flexibility index (Phi) is 6.12. The van der Waals surface area contributed by atoms with Crippen LogP contribution >= 0.6 is 0 Å². The molecular weight excluding hydrogens is 576 g/mol. The minimum absolute atomic E-state index is 0.545. The van der Waals surface area contributed by atoms with Gasteiger partial charge in [-0.15, -0.1) is 0 Å². The third-order valence-electron chi connectivity index (χ3n) is 8.78. The molecule has 0 bridgehead atoms. The van der Waals surface area contributed by atoms with Crippen molar-refractivity contribution < 1.29 is 4.42 Å². The summed E-state index contributed by atoms with van der Waals surface area (Å²) < 4.78 is 6.42. The maximum Gasteiger partial charge on any atom is 0.167 e. The van der Waals surface area contributed by atoms with Crippen LogP contribution in [0.4, 0.5) is 0 Å². The lowest BCUT2D eigenvalue weighted by molar-refractivity contribution is 0.669. The molecular formula is C42H24N4O. The minimum atomic E-state index is 0.545. The van der Waals surface area contributed by atoms with Gasteiger partial charge < -0.3 is 4.42 Å². The zero-order valence-corrected chi connectivity index (χ0v) is 25.1. The molecule has 0 radical (unpaired) electrons. The summed E-state index contributed by atoms with van der Waals surface area (Å²) in [7, 11) is 0. The molecule has 9 rings (SSSR count). The van der Waals surface area contributed by atoms with Crippen molar-refractivity contribution in [2.45, 2.75) is 0 Å². The molecule has 5 heteroatoms. The van der Waals surface area contributed by atoms with E-state index >= 15 is 0 Å². The Balaban J connectivity index is 1.27. The monoisotopic (exact) mass is 600 g/mol. The van der Waals surface area contributed by atoms with Crippen LogP contribution in [0.25, 0.3) is 88.8 Å². The second-order valence-electron chi connectivity index (χ2n) is 11.5. The number of hydrogen-bond acceptors (Lipinski definition) is 5. The quantitative estimate of drug-likeness (QED) is 0.188. The molecule has 0 saturated heterocycles. The molecule has 0 amide bonds. The van der Waals surface area contributed by atoms with Crippen molar-refractivity contribution in [1.82, 2.24) is 15.0 Å². The van der Waals surface area contributed by atoms with Crippen LogP contribution < -0.4 is 0 Å². The van der Waals surface area contributed by atoms with Gasteiger partial charge in [0.1, 0.15) is 11.2 Å². The maximum absolute atomic E-state index is 9.20. The predicted octanol–water partition coefficient (Wildman–Crippen LogP) is 10.6. The van der Waals surface area contributed by atoms with E-state index in [2.05, 4.69) is 84.9 Å². The van der Waals surface area contributed by atoms with Crippen LogP contribution in [-0.4, -0.2) is 15.0 Å². The summed E-state index contributed by atoms with van der Waals surface area (Å²) in [6, 6.07) is 51.2. The van der Waals surface area contributed by atoms with E-state index in [1.165, 1.54) is 0 Å². The van der Waals surface area contributed by atoms with E-state index in [-0.39, 0.29) is 0 Å². The first kappa shape index (κ1) is 26.7. The molecule has 0 N–H and O–H groups in total. The van der Waals surface area contributed by atoms with Gasteiger partial charge in [0.2, 0.25) is 0 Å². The van der Waals surface area contributed by atoms with Crippen LogP contribution in [0.1, 0.15) is 5.56 Å². The van der Waals surface area contributed by atoms with Crippen LogP contribution in [0, 0.1) is 11.3 Å². The number of rotatable bonds is 4. The molecule has 0 spiro atoms. The SMILES string of the molecule is N#Cc1ccc(-c2ccc(-c3nc(-c4cccc5c4oc4ccccc45)nc(-c4cccc5ccc6ccccc6c45)n3)cc2)cc1. The van der Waals surface area contributed by atoms with Gasteiger partial charge >= 0.3 is 0 Å². The summed E-state index contributed by atoms with van der Waals surface area (Å²) in [5.74, 6) is 1.71. The highest BCUT2D eigenvalue weighted by Crippen LogP contribution is 2.38. The van der Waals surface area contributed by atoms with Gasteiger partial charge in [-0.05, 0) is 51.6 Å². The molecule has 0 fully saturated rings. The minimum Gasteiger partial charge on any atom is -0.455 e. The van der Waals surface area contributed by atoms with Crippen molar-refractivity contribution in [2.75, 3.05) is 0 Å². The average molecular weight is 601 g/mol. The number of fused-ring (bicyclic) bond motifs is 6. The number of benzene rings is 7. The lowest BCUT2D eigenvalue weighted by Gasteiger charge is -2.12. The standard InChI is InChI=1S/C42H24N4O/c43-25-26-15-17-27(18-16-26)28-19-23-31(24-20-28)40-44-41(35-12-5-8-30-22-21-29-7-1-2-9-32(29)38(30)35)46-42(45-40)36-13-6-11-34-33-10-3-4-14-37(33)47-39(34)36/h1-24H. The maximum atomic E-state index is 9.20. The van der Waals surface area contributed by atoms with Gasteiger partial charge in [0.15, 0.2) is 17.5 Å². The summed E-state index contributed by atoms with van der Waals surface area (Å²) in [5, 5.41) is 15.8. The predicted molar refractivity (Wildman–Crippen MR) is 189 cm³/mol. The first-order valence-electron chi connectivity index (χ1n) is 15.4. The molecule has 0 aliphatic carbocycles. The van der Waals surface area contributed by atoms with Gasteiger partial charge in [-0.25, -0.2) is 15.0 Å². The number of furan rings is 1. The second kappa shape index (κ2) is 10.8. The molecule has 0 saturated carbocycles. The fourth-order valence-electron chi connectivity index (χ4n) is 6.46. The zero-order chi connectivity index (χ0) is 31.3. The second-order valence-corrected chi connectivity index (χ2v) is 11.5. The van der Waals surface area contributed by atoms with Gasteiger partial charge in [-0.3, -0.25) is 0 Å². The topological polar surface area (TPSA) is 75.6 Å². The molecule has 218 valence electrons. The third-order valence-corrected chi connectivity index (χ3v) is 8.78. The molecule has 9 aromatic rings. The molecule has 0 aliphatic rings. The van der Waals surface area contributed by atoms with Gasteiger partial charge in [-0.2, -0.15) is 5.26 Å². The average Bonchev–Trinajstić information content (AvgIpc) is 3.53. The number of aromatic nitrogens is 3. The molecule has 2 aromatic heterocycles. The lowest BCUT2D eigenvalue weighted by atomic mass is 9.97. The van der Waals surface area contributed by atoms with Crippen LogP contribution in [0.2, 0.25) is 0 Å². The normalized spacial score (nSPS) is 11.4. The summed E-state index contributed by atoms with van der Waals surface area (Å²) in [6.45, 7) is 0. The van der Waals surface area contributed by atoms with Gasteiger partial charge in [0.05, 0.1) is 17.2 Å². The van der Waals surface area contributed by atoms with Crippen LogP contribution in [-0.2, 0) is 0 Å². The van der Waals surface area contributed by atoms with E-state index < -0.39 is 0 Å². The fourth-order valence-corrected chi connectivity index (χ4v) is 6.46. The third kappa shape index (κ3) is 4.51. The van der Waals surface area contributed by atoms with E-state index in [4.69, 9.17) is 19.4 Å². The Labute approximate surface area is 270 Å². The molecule has 5 nitrogen and oxygen atoms in total. The van der Waals surface area contributed by atoms with Gasteiger partial charge in [0.25, 0.3) is 0 Å². The summed E-state index contributed by atoms with van der Waals surface area (Å²) in [5.41, 5.74) is 6.90. The highest BCUT2D eigenvalue weighted by molar-refractivity contribution is 6.14. The Morgan fingerprint density at radius 1 is 0.447 bits per heavy atom. The molecule has 47 heavy (non-hydrogen) atoms. The van der Waals surface area contributed by atoms with Crippen molar-refractivity contribution in [2.24, 2.45) is 0 Å². The Morgan fingerprint density at radius 3 is 1.83 bits per heavy atom. The van der Waals surface area contributed by atoms with Crippen molar-refractivity contribution in [3.05, 3.63) is 151 Å². The van der Waals surface area contributed by atoms with Crippen LogP contribution in [0.5, 0.6) is 0 Å². The van der Waals surface area contributed by atoms with Gasteiger partial charge in [0, 0.05) is 27.3 Å². The largest absolute Gasteiger partial charge is 0.455 e.